The van der Waals surface area contributed by atoms with Crippen LogP contribution in [0.25, 0.3) is 0 Å². The topological polar surface area (TPSA) is 59.0 Å². The van der Waals surface area contributed by atoms with Gasteiger partial charge in [0.2, 0.25) is 0 Å². The van der Waals surface area contributed by atoms with Crippen LogP contribution in [0.3, 0.4) is 0 Å². The zero-order valence-corrected chi connectivity index (χ0v) is 12.3. The molecule has 1 aromatic carbocycles. The van der Waals surface area contributed by atoms with Crippen LogP contribution >= 0.6 is 0 Å². The van der Waals surface area contributed by atoms with Gasteiger partial charge in [-0.15, -0.1) is 0 Å². The van der Waals surface area contributed by atoms with Gasteiger partial charge in [0.05, 0.1) is 11.7 Å². The van der Waals surface area contributed by atoms with E-state index in [0.29, 0.717) is 11.6 Å². The summed E-state index contributed by atoms with van der Waals surface area (Å²) >= 11 is 0. The number of anilines is 1. The zero-order chi connectivity index (χ0) is 14.8. The lowest BCUT2D eigenvalue weighted by Gasteiger charge is -2.15. The molecule has 1 fully saturated rings. The van der Waals surface area contributed by atoms with E-state index in [9.17, 15) is 4.79 Å². The second-order valence-corrected chi connectivity index (χ2v) is 5.57. The van der Waals surface area contributed by atoms with Gasteiger partial charge in [0.15, 0.2) is 0 Å². The Hall–Kier alpha value is -2.30. The number of benzene rings is 1. The van der Waals surface area contributed by atoms with Crippen LogP contribution in [0, 0.1) is 0 Å². The van der Waals surface area contributed by atoms with Crippen molar-refractivity contribution in [3.8, 4) is 0 Å². The van der Waals surface area contributed by atoms with Crippen LogP contribution < -0.4 is 10.6 Å². The molecule has 1 aromatic heterocycles. The Kier molecular flexibility index (Phi) is 3.64. The lowest BCUT2D eigenvalue weighted by Crippen LogP contribution is -2.25. The number of aromatic nitrogens is 2. The first-order chi connectivity index (χ1) is 10.1. The fourth-order valence-electron chi connectivity index (χ4n) is 2.35. The molecule has 0 saturated heterocycles. The molecule has 5 nitrogen and oxygen atoms in total. The van der Waals surface area contributed by atoms with Crippen molar-refractivity contribution in [2.24, 2.45) is 7.05 Å². The molecule has 1 heterocycles. The van der Waals surface area contributed by atoms with E-state index in [1.165, 1.54) is 0 Å². The zero-order valence-electron chi connectivity index (χ0n) is 12.3. The lowest BCUT2D eigenvalue weighted by atomic mass is 10.1. The first kappa shape index (κ1) is 13.7. The molecule has 2 N–H and O–H groups in total. The molecule has 110 valence electrons. The average molecular weight is 284 g/mol. The third kappa shape index (κ3) is 3.24. The second-order valence-electron chi connectivity index (χ2n) is 5.57. The fourth-order valence-corrected chi connectivity index (χ4v) is 2.35. The quantitative estimate of drug-likeness (QED) is 0.887. The predicted octanol–water partition coefficient (Wildman–Crippen LogP) is 2.49. The molecule has 1 aliphatic rings. The van der Waals surface area contributed by atoms with Crippen LogP contribution in [0.2, 0.25) is 0 Å². The molecule has 1 unspecified atom stereocenters. The van der Waals surface area contributed by atoms with Crippen LogP contribution in [0.15, 0.2) is 36.5 Å². The van der Waals surface area contributed by atoms with E-state index in [1.807, 2.05) is 42.1 Å². The van der Waals surface area contributed by atoms with Gasteiger partial charge in [-0.1, -0.05) is 0 Å². The first-order valence-corrected chi connectivity index (χ1v) is 7.29. The van der Waals surface area contributed by atoms with E-state index in [-0.39, 0.29) is 11.9 Å². The van der Waals surface area contributed by atoms with Crippen LogP contribution in [-0.2, 0) is 7.05 Å². The summed E-state index contributed by atoms with van der Waals surface area (Å²) in [5.74, 6) is 0.0173. The van der Waals surface area contributed by atoms with Crippen molar-refractivity contribution in [3.05, 3.63) is 47.8 Å². The van der Waals surface area contributed by atoms with Gasteiger partial charge in [0.1, 0.15) is 0 Å². The number of amides is 1. The maximum atomic E-state index is 11.9. The minimum Gasteiger partial charge on any atom is -0.377 e. The molecule has 2 aromatic rings. The van der Waals surface area contributed by atoms with Crippen LogP contribution in [0.1, 0.15) is 41.9 Å². The molecule has 3 rings (SSSR count). The summed E-state index contributed by atoms with van der Waals surface area (Å²) < 4.78 is 1.86. The van der Waals surface area contributed by atoms with Gasteiger partial charge in [-0.3, -0.25) is 9.48 Å². The van der Waals surface area contributed by atoms with Gasteiger partial charge in [0, 0.05) is 30.5 Å². The summed E-state index contributed by atoms with van der Waals surface area (Å²) in [4.78, 5) is 11.9. The van der Waals surface area contributed by atoms with Gasteiger partial charge < -0.3 is 10.6 Å². The molecule has 0 spiro atoms. The van der Waals surface area contributed by atoms with Crippen LogP contribution in [0.5, 0.6) is 0 Å². The van der Waals surface area contributed by atoms with Crippen molar-refractivity contribution in [1.29, 1.82) is 0 Å². The second kappa shape index (κ2) is 5.60. The summed E-state index contributed by atoms with van der Waals surface area (Å²) in [5.41, 5.74) is 2.82. The predicted molar refractivity (Wildman–Crippen MR) is 82.2 cm³/mol. The molecule has 1 atom stereocenters. The highest BCUT2D eigenvalue weighted by molar-refractivity contribution is 5.94. The van der Waals surface area contributed by atoms with Crippen LogP contribution in [0.4, 0.5) is 5.69 Å². The summed E-state index contributed by atoms with van der Waals surface area (Å²) in [6.07, 6.45) is 4.00. The highest BCUT2D eigenvalue weighted by atomic mass is 16.1. The third-order valence-electron chi connectivity index (χ3n) is 3.75. The molecule has 1 saturated carbocycles. The highest BCUT2D eigenvalue weighted by Crippen LogP contribution is 2.21. The van der Waals surface area contributed by atoms with Gasteiger partial charge in [-0.25, -0.2) is 0 Å². The van der Waals surface area contributed by atoms with Crippen LogP contribution in [-0.4, -0.2) is 21.7 Å². The molecular weight excluding hydrogens is 264 g/mol. The Morgan fingerprint density at radius 3 is 2.57 bits per heavy atom. The van der Waals surface area contributed by atoms with Crippen molar-refractivity contribution < 1.29 is 4.79 Å². The minimum absolute atomic E-state index is 0.0173. The molecule has 1 aliphatic carbocycles. The van der Waals surface area contributed by atoms with E-state index in [0.717, 1.165) is 24.2 Å². The molecule has 0 bridgehead atoms. The number of carbonyl (C=O) groups excluding carboxylic acids is 1. The van der Waals surface area contributed by atoms with Gasteiger partial charge in [-0.05, 0) is 50.1 Å². The number of hydrogen-bond acceptors (Lipinski definition) is 3. The van der Waals surface area contributed by atoms with E-state index in [2.05, 4.69) is 22.7 Å². The number of rotatable bonds is 5. The number of nitrogens with zero attached hydrogens (tertiary/aromatic N) is 2. The Bertz CT molecular complexity index is 628. The lowest BCUT2D eigenvalue weighted by molar-refractivity contribution is 0.0951. The molecule has 0 radical (unpaired) electrons. The van der Waals surface area contributed by atoms with Gasteiger partial charge >= 0.3 is 0 Å². The third-order valence-corrected chi connectivity index (χ3v) is 3.75. The van der Waals surface area contributed by atoms with E-state index in [1.54, 1.807) is 6.20 Å². The van der Waals surface area contributed by atoms with Crippen molar-refractivity contribution in [2.45, 2.75) is 31.8 Å². The number of carbonyl (C=O) groups is 1. The maximum Gasteiger partial charge on any atom is 0.251 e. The Balaban J connectivity index is 1.63. The highest BCUT2D eigenvalue weighted by Gasteiger charge is 2.23. The number of hydrogen-bond donors (Lipinski definition) is 2. The molecule has 1 amide bonds. The summed E-state index contributed by atoms with van der Waals surface area (Å²) in [6, 6.07) is 10.1. The molecule has 0 aliphatic heterocycles. The monoisotopic (exact) mass is 284 g/mol. The van der Waals surface area contributed by atoms with E-state index >= 15 is 0 Å². The summed E-state index contributed by atoms with van der Waals surface area (Å²) in [5, 5.41) is 10.6. The Morgan fingerprint density at radius 2 is 2.00 bits per heavy atom. The SMILES string of the molecule is CC(Nc1ccc(C(=O)NC2CC2)cc1)c1ccnn1C. The Morgan fingerprint density at radius 1 is 1.29 bits per heavy atom. The molecular formula is C16H20N4O. The van der Waals surface area contributed by atoms with Crippen molar-refractivity contribution in [1.82, 2.24) is 15.1 Å². The van der Waals surface area contributed by atoms with Gasteiger partial charge in [0.25, 0.3) is 5.91 Å². The fraction of sp³-hybridized carbons (Fsp3) is 0.375. The van der Waals surface area contributed by atoms with E-state index < -0.39 is 0 Å². The van der Waals surface area contributed by atoms with Crippen molar-refractivity contribution in [2.75, 3.05) is 5.32 Å². The minimum atomic E-state index is 0.0173. The average Bonchev–Trinajstić information content (AvgIpc) is 3.18. The summed E-state index contributed by atoms with van der Waals surface area (Å²) in [7, 11) is 1.93. The standard InChI is InChI=1S/C16H20N4O/c1-11(15-9-10-17-20(15)2)18-13-5-3-12(4-6-13)16(21)19-14-7-8-14/h3-6,9-11,14,18H,7-8H2,1-2H3,(H,19,21). The normalized spacial score (nSPS) is 15.5. The molecule has 5 heteroatoms. The smallest absolute Gasteiger partial charge is 0.251 e. The van der Waals surface area contributed by atoms with Crippen molar-refractivity contribution >= 4 is 11.6 Å². The maximum absolute atomic E-state index is 11.9. The largest absolute Gasteiger partial charge is 0.377 e. The number of nitrogens with one attached hydrogen (secondary N) is 2. The Labute approximate surface area is 124 Å². The first-order valence-electron chi connectivity index (χ1n) is 7.29. The molecule has 21 heavy (non-hydrogen) atoms. The van der Waals surface area contributed by atoms with E-state index in [4.69, 9.17) is 0 Å². The van der Waals surface area contributed by atoms with Crippen molar-refractivity contribution in [3.63, 3.8) is 0 Å². The number of aryl methyl sites for hydroxylation is 1. The summed E-state index contributed by atoms with van der Waals surface area (Å²) in [6.45, 7) is 2.09. The van der Waals surface area contributed by atoms with Gasteiger partial charge in [-0.2, -0.15) is 5.10 Å².